The van der Waals surface area contributed by atoms with Gasteiger partial charge in [-0.25, -0.2) is 0 Å². The monoisotopic (exact) mass is 244 g/mol. The number of nitrogens with zero attached hydrogens (tertiary/aromatic N) is 2. The number of fused-ring (bicyclic) bond motifs is 2. The minimum atomic E-state index is -0.351. The van der Waals surface area contributed by atoms with Gasteiger partial charge in [0.1, 0.15) is 0 Å². The van der Waals surface area contributed by atoms with Crippen LogP contribution in [0.4, 0.5) is 5.69 Å². The Hall–Kier alpha value is -1.68. The molecule has 2 atom stereocenters. The lowest BCUT2D eigenvalue weighted by Crippen LogP contribution is -2.34. The average Bonchev–Trinajstić information content (AvgIpc) is 2.62. The molecule has 0 aliphatic carbocycles. The number of nitro groups is 1. The van der Waals surface area contributed by atoms with Crippen molar-refractivity contribution in [3.63, 3.8) is 0 Å². The second kappa shape index (κ2) is 4.21. The zero-order valence-electron chi connectivity index (χ0n) is 10.4. The van der Waals surface area contributed by atoms with Crippen molar-refractivity contribution in [2.45, 2.75) is 31.3 Å². The van der Waals surface area contributed by atoms with E-state index in [1.165, 1.54) is 18.4 Å². The second-order valence-electron chi connectivity index (χ2n) is 5.16. The molecule has 2 heterocycles. The first kappa shape index (κ1) is 11.4. The van der Waals surface area contributed by atoms with Gasteiger partial charge in [0.2, 0.25) is 0 Å². The predicted octanol–water partition coefficient (Wildman–Crippen LogP) is 2.84. The van der Waals surface area contributed by atoms with Crippen molar-refractivity contribution in [1.29, 1.82) is 0 Å². The smallest absolute Gasteiger partial charge is 0.269 e. The Bertz CT molecular complexity index is 507. The molecule has 4 heteroatoms. The molecule has 1 fully saturated rings. The molecule has 0 aromatic heterocycles. The van der Waals surface area contributed by atoms with Gasteiger partial charge in [-0.05, 0) is 49.6 Å². The van der Waals surface area contributed by atoms with E-state index in [-0.39, 0.29) is 10.6 Å². The van der Waals surface area contributed by atoms with Gasteiger partial charge in [-0.1, -0.05) is 6.08 Å². The molecular weight excluding hydrogens is 228 g/mol. The van der Waals surface area contributed by atoms with Crippen molar-refractivity contribution >= 4 is 11.3 Å². The summed E-state index contributed by atoms with van der Waals surface area (Å²) < 4.78 is 0. The molecule has 0 spiro atoms. The van der Waals surface area contributed by atoms with E-state index < -0.39 is 0 Å². The van der Waals surface area contributed by atoms with Crippen molar-refractivity contribution in [2.24, 2.45) is 0 Å². The molecule has 1 aromatic rings. The van der Waals surface area contributed by atoms with Crippen LogP contribution in [0.15, 0.2) is 30.3 Å². The summed E-state index contributed by atoms with van der Waals surface area (Å²) in [5.74, 6) is 0. The fourth-order valence-corrected chi connectivity index (χ4v) is 3.05. The average molecular weight is 244 g/mol. The normalized spacial score (nSPS) is 27.1. The summed E-state index contributed by atoms with van der Waals surface area (Å²) in [5.41, 5.74) is 2.64. The molecule has 2 aliphatic rings. The lowest BCUT2D eigenvalue weighted by atomic mass is 9.95. The number of hydrogen-bond donors (Lipinski definition) is 0. The number of rotatable bonds is 2. The Balaban J connectivity index is 1.88. The number of non-ortho nitro benzene ring substituents is 1. The SMILES string of the molecule is CN1[C@@H]2CC[C@@H]1C=C(c1ccc([N+](=O)[O-])cc1)C2. The van der Waals surface area contributed by atoms with E-state index in [2.05, 4.69) is 18.0 Å². The molecule has 3 rings (SSSR count). The van der Waals surface area contributed by atoms with Gasteiger partial charge in [0, 0.05) is 24.2 Å². The predicted molar refractivity (Wildman–Crippen MR) is 70.3 cm³/mol. The molecule has 1 aromatic carbocycles. The van der Waals surface area contributed by atoms with Crippen LogP contribution in [0.25, 0.3) is 5.57 Å². The summed E-state index contributed by atoms with van der Waals surface area (Å²) >= 11 is 0. The quantitative estimate of drug-likeness (QED) is 0.593. The molecule has 0 N–H and O–H groups in total. The highest BCUT2D eigenvalue weighted by Gasteiger charge is 2.33. The second-order valence-corrected chi connectivity index (χ2v) is 5.16. The van der Waals surface area contributed by atoms with Gasteiger partial charge in [0.15, 0.2) is 0 Å². The Morgan fingerprint density at radius 2 is 2.00 bits per heavy atom. The topological polar surface area (TPSA) is 46.4 Å². The number of hydrogen-bond acceptors (Lipinski definition) is 3. The first-order chi connectivity index (χ1) is 8.65. The molecule has 18 heavy (non-hydrogen) atoms. The highest BCUT2D eigenvalue weighted by molar-refractivity contribution is 5.68. The summed E-state index contributed by atoms with van der Waals surface area (Å²) in [5, 5.41) is 10.6. The van der Waals surface area contributed by atoms with E-state index in [0.717, 1.165) is 12.0 Å². The molecular formula is C14H16N2O2. The summed E-state index contributed by atoms with van der Waals surface area (Å²) in [6.45, 7) is 0. The van der Waals surface area contributed by atoms with Crippen LogP contribution in [0, 0.1) is 10.1 Å². The molecule has 94 valence electrons. The Labute approximate surface area is 106 Å². The minimum absolute atomic E-state index is 0.162. The zero-order chi connectivity index (χ0) is 12.7. The first-order valence-corrected chi connectivity index (χ1v) is 6.32. The lowest BCUT2D eigenvalue weighted by Gasteiger charge is -2.30. The summed E-state index contributed by atoms with van der Waals surface area (Å²) in [4.78, 5) is 12.7. The third-order valence-electron chi connectivity index (χ3n) is 4.19. The molecule has 0 amide bonds. The molecule has 0 radical (unpaired) electrons. The molecule has 2 bridgehead atoms. The van der Waals surface area contributed by atoms with Gasteiger partial charge in [-0.15, -0.1) is 0 Å². The summed E-state index contributed by atoms with van der Waals surface area (Å²) in [6.07, 6.45) is 5.88. The zero-order valence-corrected chi connectivity index (χ0v) is 10.4. The third kappa shape index (κ3) is 1.82. The Morgan fingerprint density at radius 3 is 2.61 bits per heavy atom. The fourth-order valence-electron chi connectivity index (χ4n) is 3.05. The van der Waals surface area contributed by atoms with Crippen molar-refractivity contribution in [2.75, 3.05) is 7.05 Å². The number of benzene rings is 1. The maximum Gasteiger partial charge on any atom is 0.269 e. The maximum absolute atomic E-state index is 10.6. The number of likely N-dealkylation sites (N-methyl/N-ethyl adjacent to an activating group) is 1. The molecule has 0 saturated carbocycles. The van der Waals surface area contributed by atoms with Crippen molar-refractivity contribution < 1.29 is 4.92 Å². The first-order valence-electron chi connectivity index (χ1n) is 6.32. The van der Waals surface area contributed by atoms with E-state index in [9.17, 15) is 10.1 Å². The van der Waals surface area contributed by atoms with Gasteiger partial charge in [0.25, 0.3) is 5.69 Å². The van der Waals surface area contributed by atoms with Crippen LogP contribution in [-0.4, -0.2) is 29.0 Å². The standard InChI is InChI=1S/C14H16N2O2/c1-15-13-6-7-14(15)9-11(8-13)10-2-4-12(5-3-10)16(17)18/h2-5,8,13-14H,6-7,9H2,1H3/t13-,14-/m1/s1. The van der Waals surface area contributed by atoms with Gasteiger partial charge in [-0.3, -0.25) is 15.0 Å². The van der Waals surface area contributed by atoms with Crippen LogP contribution in [0.1, 0.15) is 24.8 Å². The van der Waals surface area contributed by atoms with Crippen molar-refractivity contribution in [3.8, 4) is 0 Å². The van der Waals surface area contributed by atoms with Crippen LogP contribution >= 0.6 is 0 Å². The van der Waals surface area contributed by atoms with Crippen molar-refractivity contribution in [1.82, 2.24) is 4.90 Å². The molecule has 2 aliphatic heterocycles. The van der Waals surface area contributed by atoms with Crippen LogP contribution in [0.5, 0.6) is 0 Å². The highest BCUT2D eigenvalue weighted by atomic mass is 16.6. The van der Waals surface area contributed by atoms with Crippen LogP contribution in [0.2, 0.25) is 0 Å². The number of nitro benzene ring substituents is 1. The summed E-state index contributed by atoms with van der Waals surface area (Å²) in [7, 11) is 2.19. The highest BCUT2D eigenvalue weighted by Crippen LogP contribution is 2.37. The van der Waals surface area contributed by atoms with E-state index >= 15 is 0 Å². The Kier molecular flexibility index (Phi) is 2.67. The molecule has 1 saturated heterocycles. The molecule has 4 nitrogen and oxygen atoms in total. The maximum atomic E-state index is 10.6. The van der Waals surface area contributed by atoms with E-state index in [1.807, 2.05) is 12.1 Å². The van der Waals surface area contributed by atoms with Gasteiger partial charge >= 0.3 is 0 Å². The largest absolute Gasteiger partial charge is 0.297 e. The van der Waals surface area contributed by atoms with Crippen LogP contribution in [0.3, 0.4) is 0 Å². The van der Waals surface area contributed by atoms with E-state index in [4.69, 9.17) is 0 Å². The van der Waals surface area contributed by atoms with E-state index in [0.29, 0.717) is 12.1 Å². The Morgan fingerprint density at radius 1 is 1.28 bits per heavy atom. The minimum Gasteiger partial charge on any atom is -0.297 e. The van der Waals surface area contributed by atoms with E-state index in [1.54, 1.807) is 12.1 Å². The van der Waals surface area contributed by atoms with Gasteiger partial charge < -0.3 is 0 Å². The van der Waals surface area contributed by atoms with Gasteiger partial charge in [-0.2, -0.15) is 0 Å². The fraction of sp³-hybridized carbons (Fsp3) is 0.429. The van der Waals surface area contributed by atoms with Crippen LogP contribution < -0.4 is 0 Å². The van der Waals surface area contributed by atoms with Gasteiger partial charge in [0.05, 0.1) is 4.92 Å². The lowest BCUT2D eigenvalue weighted by molar-refractivity contribution is -0.384. The molecule has 0 unspecified atom stereocenters. The third-order valence-corrected chi connectivity index (χ3v) is 4.19. The van der Waals surface area contributed by atoms with Crippen LogP contribution in [-0.2, 0) is 0 Å². The summed E-state index contributed by atoms with van der Waals surface area (Å²) in [6, 6.07) is 8.12. The van der Waals surface area contributed by atoms with Crippen molar-refractivity contribution in [3.05, 3.63) is 46.0 Å².